The summed E-state index contributed by atoms with van der Waals surface area (Å²) in [5, 5.41) is 3.41. The lowest BCUT2D eigenvalue weighted by Gasteiger charge is -2.09. The van der Waals surface area contributed by atoms with Crippen LogP contribution in [-0.4, -0.2) is 27.2 Å². The van der Waals surface area contributed by atoms with Crippen LogP contribution < -0.4 is 5.32 Å². The van der Waals surface area contributed by atoms with E-state index in [-0.39, 0.29) is 5.25 Å². The molecule has 1 aromatic heterocycles. The van der Waals surface area contributed by atoms with E-state index < -0.39 is 10.8 Å². The SMILES string of the molecule is CC(CNCc1ccc(Br)cn1)S(C)=O. The third-order valence-corrected chi connectivity index (χ3v) is 3.86. The minimum absolute atomic E-state index is 0.181. The van der Waals surface area contributed by atoms with Gasteiger partial charge < -0.3 is 5.32 Å². The van der Waals surface area contributed by atoms with Gasteiger partial charge in [-0.3, -0.25) is 9.19 Å². The predicted molar refractivity (Wildman–Crippen MR) is 67.2 cm³/mol. The Morgan fingerprint density at radius 2 is 2.33 bits per heavy atom. The molecule has 1 rings (SSSR count). The molecule has 0 saturated carbocycles. The minimum atomic E-state index is -0.762. The lowest BCUT2D eigenvalue weighted by Crippen LogP contribution is -2.27. The molecule has 0 aliphatic carbocycles. The minimum Gasteiger partial charge on any atom is -0.310 e. The van der Waals surface area contributed by atoms with Gasteiger partial charge in [0.05, 0.1) is 5.69 Å². The van der Waals surface area contributed by atoms with Gasteiger partial charge in [-0.1, -0.05) is 0 Å². The zero-order valence-electron chi connectivity index (χ0n) is 8.87. The molecule has 0 radical (unpaired) electrons. The summed E-state index contributed by atoms with van der Waals surface area (Å²) in [6, 6.07) is 3.93. The van der Waals surface area contributed by atoms with Gasteiger partial charge >= 0.3 is 0 Å². The average molecular weight is 291 g/mol. The summed E-state index contributed by atoms with van der Waals surface area (Å²) in [6.07, 6.45) is 3.50. The molecular weight excluding hydrogens is 276 g/mol. The molecule has 2 atom stereocenters. The van der Waals surface area contributed by atoms with Gasteiger partial charge in [0.2, 0.25) is 0 Å². The first-order valence-corrected chi connectivity index (χ1v) is 7.14. The third kappa shape index (κ3) is 4.86. The van der Waals surface area contributed by atoms with Gasteiger partial charge in [-0.25, -0.2) is 0 Å². The summed E-state index contributed by atoms with van der Waals surface area (Å²) < 4.78 is 12.1. The Hall–Kier alpha value is -0.260. The molecule has 0 spiro atoms. The lowest BCUT2D eigenvalue weighted by atomic mass is 10.3. The number of halogens is 1. The van der Waals surface area contributed by atoms with E-state index in [0.29, 0.717) is 0 Å². The highest BCUT2D eigenvalue weighted by molar-refractivity contribution is 9.10. The van der Waals surface area contributed by atoms with Gasteiger partial charge in [-0.15, -0.1) is 0 Å². The van der Waals surface area contributed by atoms with Crippen LogP contribution in [0.4, 0.5) is 0 Å². The third-order valence-electron chi connectivity index (χ3n) is 2.09. The van der Waals surface area contributed by atoms with Gasteiger partial charge in [0.15, 0.2) is 0 Å². The van der Waals surface area contributed by atoms with Crippen molar-refractivity contribution in [3.8, 4) is 0 Å². The van der Waals surface area contributed by atoms with Crippen LogP contribution in [0.25, 0.3) is 0 Å². The Balaban J connectivity index is 2.32. The van der Waals surface area contributed by atoms with Crippen LogP contribution in [0.1, 0.15) is 12.6 Å². The van der Waals surface area contributed by atoms with E-state index in [1.165, 1.54) is 0 Å². The Morgan fingerprint density at radius 3 is 2.87 bits per heavy atom. The Morgan fingerprint density at radius 1 is 1.60 bits per heavy atom. The molecule has 0 aromatic carbocycles. The highest BCUT2D eigenvalue weighted by Gasteiger charge is 2.04. The van der Waals surface area contributed by atoms with E-state index in [4.69, 9.17) is 0 Å². The fraction of sp³-hybridized carbons (Fsp3) is 0.500. The van der Waals surface area contributed by atoms with Gasteiger partial charge in [0.25, 0.3) is 0 Å². The van der Waals surface area contributed by atoms with Crippen molar-refractivity contribution >= 4 is 26.7 Å². The second-order valence-electron chi connectivity index (χ2n) is 3.41. The molecule has 0 saturated heterocycles. The number of hydrogen-bond donors (Lipinski definition) is 1. The normalized spacial score (nSPS) is 14.9. The van der Waals surface area contributed by atoms with E-state index in [1.807, 2.05) is 19.1 Å². The summed E-state index contributed by atoms with van der Waals surface area (Å²) >= 11 is 3.33. The van der Waals surface area contributed by atoms with E-state index in [0.717, 1.165) is 23.3 Å². The number of pyridine rings is 1. The lowest BCUT2D eigenvalue weighted by molar-refractivity contribution is 0.642. The number of rotatable bonds is 5. The maximum atomic E-state index is 11.1. The number of nitrogens with zero attached hydrogens (tertiary/aromatic N) is 1. The average Bonchev–Trinajstić information content (AvgIpc) is 2.20. The molecule has 1 aromatic rings. The fourth-order valence-corrected chi connectivity index (χ4v) is 1.62. The molecule has 0 amide bonds. The molecule has 1 N–H and O–H groups in total. The zero-order chi connectivity index (χ0) is 11.3. The highest BCUT2D eigenvalue weighted by atomic mass is 79.9. The number of nitrogens with one attached hydrogen (secondary N) is 1. The molecule has 84 valence electrons. The van der Waals surface area contributed by atoms with Crippen molar-refractivity contribution in [1.29, 1.82) is 0 Å². The fourth-order valence-electron chi connectivity index (χ4n) is 1.03. The summed E-state index contributed by atoms with van der Waals surface area (Å²) in [5.41, 5.74) is 0.993. The van der Waals surface area contributed by atoms with Crippen LogP contribution in [0, 0.1) is 0 Å². The van der Waals surface area contributed by atoms with Crippen LogP contribution in [0.2, 0.25) is 0 Å². The molecule has 0 bridgehead atoms. The van der Waals surface area contributed by atoms with Crippen molar-refractivity contribution in [1.82, 2.24) is 10.3 Å². The van der Waals surface area contributed by atoms with Gasteiger partial charge in [-0.05, 0) is 35.0 Å². The van der Waals surface area contributed by atoms with Crippen LogP contribution in [0.5, 0.6) is 0 Å². The molecule has 5 heteroatoms. The molecule has 0 aliphatic heterocycles. The van der Waals surface area contributed by atoms with Crippen LogP contribution >= 0.6 is 15.9 Å². The van der Waals surface area contributed by atoms with Gasteiger partial charge in [0, 0.05) is 46.1 Å². The molecule has 3 nitrogen and oxygen atoms in total. The summed E-state index contributed by atoms with van der Waals surface area (Å²) in [7, 11) is -0.762. The van der Waals surface area contributed by atoms with Gasteiger partial charge in [0.1, 0.15) is 0 Å². The first kappa shape index (κ1) is 12.8. The molecule has 15 heavy (non-hydrogen) atoms. The predicted octanol–water partition coefficient (Wildman–Crippen LogP) is 1.70. The standard InChI is InChI=1S/C10H15BrN2OS/c1-8(15(2)14)5-12-7-10-4-3-9(11)6-13-10/h3-4,6,8,12H,5,7H2,1-2H3. The largest absolute Gasteiger partial charge is 0.310 e. The Bertz CT molecular complexity index is 329. The summed E-state index contributed by atoms with van der Waals surface area (Å²) in [5.74, 6) is 0. The second kappa shape index (κ2) is 6.35. The number of hydrogen-bond acceptors (Lipinski definition) is 3. The van der Waals surface area contributed by atoms with Crippen LogP contribution in [0.3, 0.4) is 0 Å². The van der Waals surface area contributed by atoms with Crippen molar-refractivity contribution in [2.24, 2.45) is 0 Å². The van der Waals surface area contributed by atoms with E-state index in [9.17, 15) is 4.21 Å². The topological polar surface area (TPSA) is 42.0 Å². The van der Waals surface area contributed by atoms with Crippen molar-refractivity contribution in [3.63, 3.8) is 0 Å². The first-order chi connectivity index (χ1) is 7.09. The van der Waals surface area contributed by atoms with E-state index in [1.54, 1.807) is 12.5 Å². The molecule has 0 aliphatic rings. The molecule has 1 heterocycles. The van der Waals surface area contributed by atoms with Crippen molar-refractivity contribution < 1.29 is 4.21 Å². The molecule has 0 fully saturated rings. The van der Waals surface area contributed by atoms with Crippen LogP contribution in [0.15, 0.2) is 22.8 Å². The maximum absolute atomic E-state index is 11.1. The first-order valence-electron chi connectivity index (χ1n) is 4.73. The highest BCUT2D eigenvalue weighted by Crippen LogP contribution is 2.07. The molecular formula is C10H15BrN2OS. The quantitative estimate of drug-likeness (QED) is 0.898. The Labute approximate surface area is 101 Å². The van der Waals surface area contributed by atoms with E-state index in [2.05, 4.69) is 26.2 Å². The number of aromatic nitrogens is 1. The van der Waals surface area contributed by atoms with E-state index >= 15 is 0 Å². The monoisotopic (exact) mass is 290 g/mol. The van der Waals surface area contributed by atoms with Crippen molar-refractivity contribution in [3.05, 3.63) is 28.5 Å². The summed E-state index contributed by atoms with van der Waals surface area (Å²) in [4.78, 5) is 4.23. The van der Waals surface area contributed by atoms with Crippen molar-refractivity contribution in [2.45, 2.75) is 18.7 Å². The van der Waals surface area contributed by atoms with Crippen LogP contribution in [-0.2, 0) is 17.3 Å². The van der Waals surface area contributed by atoms with Crippen molar-refractivity contribution in [2.75, 3.05) is 12.8 Å². The Kier molecular flexibility index (Phi) is 5.42. The smallest absolute Gasteiger partial charge is 0.0542 e. The van der Waals surface area contributed by atoms with Gasteiger partial charge in [-0.2, -0.15) is 0 Å². The second-order valence-corrected chi connectivity index (χ2v) is 6.13. The maximum Gasteiger partial charge on any atom is 0.0542 e. The summed E-state index contributed by atoms with van der Waals surface area (Å²) in [6.45, 7) is 3.44. The zero-order valence-corrected chi connectivity index (χ0v) is 11.3. The molecule has 2 unspecified atom stereocenters.